The van der Waals surface area contributed by atoms with Gasteiger partial charge >= 0.3 is 0 Å². The van der Waals surface area contributed by atoms with Crippen molar-refractivity contribution in [2.24, 2.45) is 0 Å². The lowest BCUT2D eigenvalue weighted by Gasteiger charge is -2.26. The summed E-state index contributed by atoms with van der Waals surface area (Å²) in [5, 5.41) is 0. The molecule has 0 spiro atoms. The second-order valence-corrected chi connectivity index (χ2v) is 5.01. The molecular formula is C14H10BF6. The Kier molecular flexibility index (Phi) is 3.95. The van der Waals surface area contributed by atoms with Crippen LogP contribution in [0, 0.1) is 18.6 Å². The van der Waals surface area contributed by atoms with Gasteiger partial charge < -0.3 is 0 Å². The van der Waals surface area contributed by atoms with E-state index in [1.807, 2.05) is 0 Å². The molecule has 1 aliphatic rings. The van der Waals surface area contributed by atoms with Crippen molar-refractivity contribution >= 4 is 12.7 Å². The molecule has 21 heavy (non-hydrogen) atoms. The highest BCUT2D eigenvalue weighted by Gasteiger charge is 2.42. The van der Waals surface area contributed by atoms with Gasteiger partial charge in [-0.15, -0.1) is 0 Å². The molecule has 0 nitrogen and oxygen atoms in total. The third-order valence-electron chi connectivity index (χ3n) is 3.29. The van der Waals surface area contributed by atoms with E-state index in [1.165, 1.54) is 6.92 Å². The summed E-state index contributed by atoms with van der Waals surface area (Å²) in [4.78, 5) is 0. The first-order valence-corrected chi connectivity index (χ1v) is 6.05. The van der Waals surface area contributed by atoms with E-state index in [0.29, 0.717) is 19.1 Å². The third kappa shape index (κ3) is 2.87. The standard InChI is InChI=1S/C14H10BF6/c1-6-8(3-7(16)4-9(6)17)15-11-10(18)5-14(2,21)13(20)12(11)19/h3-5,13H,1-2H3. The molecule has 1 aromatic rings. The van der Waals surface area contributed by atoms with Gasteiger partial charge in [0.05, 0.1) is 0 Å². The Labute approximate surface area is 118 Å². The topological polar surface area (TPSA) is 0 Å². The number of hydrogen-bond donors (Lipinski definition) is 0. The summed E-state index contributed by atoms with van der Waals surface area (Å²) in [6, 6.07) is 1.46. The fraction of sp³-hybridized carbons (Fsp3) is 0.286. The molecule has 0 bridgehead atoms. The summed E-state index contributed by atoms with van der Waals surface area (Å²) in [6.07, 6.45) is -2.38. The predicted octanol–water partition coefficient (Wildman–Crippen LogP) is 3.72. The lowest BCUT2D eigenvalue weighted by Crippen LogP contribution is -2.36. The van der Waals surface area contributed by atoms with Crippen LogP contribution in [0.1, 0.15) is 12.5 Å². The van der Waals surface area contributed by atoms with Crippen LogP contribution in [0.5, 0.6) is 0 Å². The summed E-state index contributed by atoms with van der Waals surface area (Å²) in [7, 11) is 0.754. The van der Waals surface area contributed by atoms with E-state index in [0.717, 1.165) is 13.3 Å². The van der Waals surface area contributed by atoms with Crippen LogP contribution in [0.2, 0.25) is 0 Å². The Hall–Kier alpha value is -1.66. The summed E-state index contributed by atoms with van der Waals surface area (Å²) in [6.45, 7) is 1.97. The molecular weight excluding hydrogens is 293 g/mol. The molecule has 0 aliphatic heterocycles. The van der Waals surface area contributed by atoms with Crippen LogP contribution in [0.25, 0.3) is 0 Å². The summed E-state index contributed by atoms with van der Waals surface area (Å²) < 4.78 is 81.2. The van der Waals surface area contributed by atoms with Gasteiger partial charge in [0, 0.05) is 6.07 Å². The fourth-order valence-corrected chi connectivity index (χ4v) is 2.01. The highest BCUT2D eigenvalue weighted by molar-refractivity contribution is 6.62. The van der Waals surface area contributed by atoms with Crippen LogP contribution in [0.4, 0.5) is 26.3 Å². The first-order chi connectivity index (χ1) is 9.63. The van der Waals surface area contributed by atoms with Gasteiger partial charge in [-0.3, -0.25) is 0 Å². The molecule has 1 aromatic carbocycles. The zero-order chi connectivity index (χ0) is 15.9. The molecule has 1 radical (unpaired) electrons. The van der Waals surface area contributed by atoms with Crippen LogP contribution in [-0.2, 0) is 0 Å². The largest absolute Gasteiger partial charge is 0.236 e. The van der Waals surface area contributed by atoms with Crippen molar-refractivity contribution < 1.29 is 26.3 Å². The van der Waals surface area contributed by atoms with E-state index in [1.54, 1.807) is 0 Å². The van der Waals surface area contributed by atoms with E-state index in [4.69, 9.17) is 0 Å². The average Bonchev–Trinajstić information content (AvgIpc) is 2.37. The average molecular weight is 303 g/mol. The van der Waals surface area contributed by atoms with Crippen molar-refractivity contribution in [2.75, 3.05) is 0 Å². The molecule has 2 atom stereocenters. The van der Waals surface area contributed by atoms with Crippen molar-refractivity contribution in [3.05, 3.63) is 52.5 Å². The Morgan fingerprint density at radius 2 is 1.76 bits per heavy atom. The van der Waals surface area contributed by atoms with Crippen LogP contribution in [-0.4, -0.2) is 19.1 Å². The molecule has 0 N–H and O–H groups in total. The SMILES string of the molecule is Cc1c(F)cc(F)cc1[B]C1=C(F)C(F)C(C)(F)C=C1F. The van der Waals surface area contributed by atoms with Crippen molar-refractivity contribution in [1.29, 1.82) is 0 Å². The number of rotatable bonds is 2. The Balaban J connectivity index is 2.45. The summed E-state index contributed by atoms with van der Waals surface area (Å²) >= 11 is 0. The van der Waals surface area contributed by atoms with Gasteiger partial charge in [0.2, 0.25) is 0 Å². The predicted molar refractivity (Wildman–Crippen MR) is 68.2 cm³/mol. The maximum Gasteiger partial charge on any atom is 0.199 e. The summed E-state index contributed by atoms with van der Waals surface area (Å²) in [5.41, 5.74) is -3.89. The molecule has 7 heteroatoms. The van der Waals surface area contributed by atoms with Gasteiger partial charge in [-0.1, -0.05) is 5.46 Å². The molecule has 0 heterocycles. The lowest BCUT2D eigenvalue weighted by molar-refractivity contribution is 0.114. The minimum absolute atomic E-state index is 0.0616. The van der Waals surface area contributed by atoms with Crippen molar-refractivity contribution in [3.63, 3.8) is 0 Å². The zero-order valence-corrected chi connectivity index (χ0v) is 11.2. The highest BCUT2D eigenvalue weighted by Crippen LogP contribution is 2.37. The molecule has 2 unspecified atom stereocenters. The fourth-order valence-electron chi connectivity index (χ4n) is 2.01. The van der Waals surface area contributed by atoms with E-state index in [9.17, 15) is 26.3 Å². The van der Waals surface area contributed by atoms with Crippen LogP contribution in [0.15, 0.2) is 35.3 Å². The molecule has 111 valence electrons. The zero-order valence-electron chi connectivity index (χ0n) is 11.2. The van der Waals surface area contributed by atoms with Gasteiger partial charge in [0.25, 0.3) is 0 Å². The van der Waals surface area contributed by atoms with E-state index < -0.39 is 40.6 Å². The second-order valence-electron chi connectivity index (χ2n) is 5.01. The Morgan fingerprint density at radius 1 is 1.14 bits per heavy atom. The second kappa shape index (κ2) is 5.28. The molecule has 0 saturated heterocycles. The first kappa shape index (κ1) is 15.7. The molecule has 0 saturated carbocycles. The van der Waals surface area contributed by atoms with Gasteiger partial charge in [-0.05, 0) is 37.0 Å². The highest BCUT2D eigenvalue weighted by atomic mass is 19.2. The summed E-state index contributed by atoms with van der Waals surface area (Å²) in [5.74, 6) is -4.83. The van der Waals surface area contributed by atoms with E-state index in [-0.39, 0.29) is 11.0 Å². The number of alkyl halides is 2. The molecule has 1 aliphatic carbocycles. The van der Waals surface area contributed by atoms with Crippen LogP contribution in [0.3, 0.4) is 0 Å². The van der Waals surface area contributed by atoms with Crippen molar-refractivity contribution in [1.82, 2.24) is 0 Å². The number of benzene rings is 1. The van der Waals surface area contributed by atoms with Crippen molar-refractivity contribution in [3.8, 4) is 0 Å². The Morgan fingerprint density at radius 3 is 2.38 bits per heavy atom. The van der Waals surface area contributed by atoms with E-state index in [2.05, 4.69) is 0 Å². The first-order valence-electron chi connectivity index (χ1n) is 6.05. The minimum atomic E-state index is -2.81. The normalized spacial score (nSPS) is 25.9. The number of halogens is 6. The third-order valence-corrected chi connectivity index (χ3v) is 3.29. The number of hydrogen-bond acceptors (Lipinski definition) is 0. The van der Waals surface area contributed by atoms with Gasteiger partial charge in [-0.2, -0.15) is 0 Å². The lowest BCUT2D eigenvalue weighted by atomic mass is 9.59. The van der Waals surface area contributed by atoms with Gasteiger partial charge in [0.15, 0.2) is 19.1 Å². The van der Waals surface area contributed by atoms with Crippen LogP contribution >= 0.6 is 0 Å². The van der Waals surface area contributed by atoms with Crippen molar-refractivity contribution in [2.45, 2.75) is 25.7 Å². The smallest absolute Gasteiger partial charge is 0.199 e. The number of allylic oxidation sites excluding steroid dienone is 4. The Bertz CT molecular complexity index is 647. The van der Waals surface area contributed by atoms with E-state index >= 15 is 0 Å². The maximum atomic E-state index is 13.8. The quantitative estimate of drug-likeness (QED) is 0.577. The van der Waals surface area contributed by atoms with Gasteiger partial charge in [-0.25, -0.2) is 26.3 Å². The van der Waals surface area contributed by atoms with Crippen LogP contribution < -0.4 is 5.46 Å². The molecule has 0 amide bonds. The monoisotopic (exact) mass is 303 g/mol. The molecule has 0 aromatic heterocycles. The molecule has 2 rings (SSSR count). The molecule has 0 fully saturated rings. The minimum Gasteiger partial charge on any atom is -0.236 e. The maximum absolute atomic E-state index is 13.8. The van der Waals surface area contributed by atoms with Gasteiger partial charge in [0.1, 0.15) is 23.3 Å².